The molecule has 10 heavy (non-hydrogen) atoms. The zero-order valence-electron chi connectivity index (χ0n) is 7.31. The van der Waals surface area contributed by atoms with E-state index in [1.807, 2.05) is 11.8 Å². The van der Waals surface area contributed by atoms with Gasteiger partial charge in [0.25, 0.3) is 0 Å². The molecule has 0 rings (SSSR count). The van der Waals surface area contributed by atoms with Gasteiger partial charge >= 0.3 is 0 Å². The second-order valence-electron chi connectivity index (χ2n) is 2.58. The molecule has 0 amide bonds. The average Bonchev–Trinajstić information content (AvgIpc) is 1.98. The highest BCUT2D eigenvalue weighted by molar-refractivity contribution is 7.98. The van der Waals surface area contributed by atoms with Gasteiger partial charge in [-0.3, -0.25) is 0 Å². The van der Waals surface area contributed by atoms with Crippen molar-refractivity contribution in [3.05, 3.63) is 11.6 Å². The smallest absolute Gasteiger partial charge is 0.00702 e. The lowest BCUT2D eigenvalue weighted by Gasteiger charge is -1.98. The van der Waals surface area contributed by atoms with E-state index < -0.39 is 0 Å². The van der Waals surface area contributed by atoms with Crippen LogP contribution in [0.1, 0.15) is 33.1 Å². The van der Waals surface area contributed by atoms with Gasteiger partial charge < -0.3 is 0 Å². The van der Waals surface area contributed by atoms with E-state index in [2.05, 4.69) is 26.2 Å². The molecule has 1 heteroatoms. The average molecular weight is 158 g/mol. The van der Waals surface area contributed by atoms with Gasteiger partial charge in [-0.1, -0.05) is 11.6 Å². The third-order valence-electron chi connectivity index (χ3n) is 1.66. The highest BCUT2D eigenvalue weighted by Gasteiger charge is 1.88. The lowest BCUT2D eigenvalue weighted by atomic mass is 10.1. The number of unbranched alkanes of at least 4 members (excludes halogenated alkanes) is 1. The van der Waals surface area contributed by atoms with E-state index in [0.717, 1.165) is 0 Å². The molecule has 0 aromatic heterocycles. The molecule has 0 atom stereocenters. The summed E-state index contributed by atoms with van der Waals surface area (Å²) in [6.45, 7) is 4.32. The summed E-state index contributed by atoms with van der Waals surface area (Å²) in [7, 11) is 0. The van der Waals surface area contributed by atoms with Crippen molar-refractivity contribution in [3.63, 3.8) is 0 Å². The molecule has 0 aromatic rings. The van der Waals surface area contributed by atoms with Crippen molar-refractivity contribution < 1.29 is 0 Å². The molecule has 0 spiro atoms. The van der Waals surface area contributed by atoms with Crippen molar-refractivity contribution in [2.75, 3.05) is 12.0 Å². The monoisotopic (exact) mass is 158 g/mol. The van der Waals surface area contributed by atoms with Crippen LogP contribution >= 0.6 is 11.8 Å². The fourth-order valence-electron chi connectivity index (χ4n) is 0.795. The fourth-order valence-corrected chi connectivity index (χ4v) is 1.29. The van der Waals surface area contributed by atoms with Gasteiger partial charge in [0.05, 0.1) is 0 Å². The molecule has 0 aliphatic carbocycles. The molecule has 0 nitrogen and oxygen atoms in total. The first-order valence-electron chi connectivity index (χ1n) is 3.92. The quantitative estimate of drug-likeness (QED) is 0.436. The Morgan fingerprint density at radius 3 is 2.60 bits per heavy atom. The molecule has 60 valence electrons. The summed E-state index contributed by atoms with van der Waals surface area (Å²) >= 11 is 1.94. The normalized spacial score (nSPS) is 12.1. The molecule has 0 N–H and O–H groups in total. The van der Waals surface area contributed by atoms with E-state index in [1.165, 1.54) is 30.6 Å². The van der Waals surface area contributed by atoms with Crippen LogP contribution < -0.4 is 0 Å². The summed E-state index contributed by atoms with van der Waals surface area (Å²) in [5.41, 5.74) is 1.53. The Bertz CT molecular complexity index is 94.9. The highest BCUT2D eigenvalue weighted by atomic mass is 32.2. The lowest BCUT2D eigenvalue weighted by Crippen LogP contribution is -1.81. The van der Waals surface area contributed by atoms with E-state index in [0.29, 0.717) is 0 Å². The Kier molecular flexibility index (Phi) is 7.26. The molecular weight excluding hydrogens is 140 g/mol. The first-order chi connectivity index (χ1) is 4.81. The van der Waals surface area contributed by atoms with Crippen LogP contribution in [0.2, 0.25) is 0 Å². The molecule has 0 unspecified atom stereocenters. The van der Waals surface area contributed by atoms with Crippen LogP contribution in [0, 0.1) is 0 Å². The first kappa shape index (κ1) is 10.1. The van der Waals surface area contributed by atoms with Crippen molar-refractivity contribution in [3.8, 4) is 0 Å². The van der Waals surface area contributed by atoms with Crippen LogP contribution in [0.3, 0.4) is 0 Å². The van der Waals surface area contributed by atoms with Gasteiger partial charge in [0.2, 0.25) is 0 Å². The molecule has 0 heterocycles. The number of allylic oxidation sites excluding steroid dienone is 2. The van der Waals surface area contributed by atoms with Gasteiger partial charge in [-0.2, -0.15) is 11.8 Å². The summed E-state index contributed by atoms with van der Waals surface area (Å²) in [5.74, 6) is 1.32. The maximum absolute atomic E-state index is 2.21. The van der Waals surface area contributed by atoms with Crippen molar-refractivity contribution in [2.45, 2.75) is 33.1 Å². The number of hydrogen-bond acceptors (Lipinski definition) is 1. The fraction of sp³-hybridized carbons (Fsp3) is 0.778. The first-order valence-corrected chi connectivity index (χ1v) is 5.31. The minimum absolute atomic E-state index is 1.29. The lowest BCUT2D eigenvalue weighted by molar-refractivity contribution is 0.794. The van der Waals surface area contributed by atoms with Gasteiger partial charge in [-0.05, 0) is 45.1 Å². The van der Waals surface area contributed by atoms with Crippen molar-refractivity contribution in [2.24, 2.45) is 0 Å². The summed E-state index contributed by atoms with van der Waals surface area (Å²) in [6, 6.07) is 0. The van der Waals surface area contributed by atoms with E-state index in [1.54, 1.807) is 0 Å². The van der Waals surface area contributed by atoms with Crippen LogP contribution in [0.25, 0.3) is 0 Å². The second kappa shape index (κ2) is 7.20. The van der Waals surface area contributed by atoms with Gasteiger partial charge in [0, 0.05) is 0 Å². The standard InChI is InChI=1S/C9H18S/c1-4-9(2)7-5-6-8-10-3/h4H,5-8H2,1-3H3/b9-4+. The van der Waals surface area contributed by atoms with Crippen LogP contribution in [0.15, 0.2) is 11.6 Å². The zero-order valence-corrected chi connectivity index (χ0v) is 8.13. The Morgan fingerprint density at radius 2 is 2.10 bits per heavy atom. The Labute approximate surface area is 69.1 Å². The predicted molar refractivity (Wildman–Crippen MR) is 51.7 cm³/mol. The molecular formula is C9H18S. The molecule has 0 aliphatic rings. The van der Waals surface area contributed by atoms with Crippen molar-refractivity contribution >= 4 is 11.8 Å². The molecule has 0 saturated heterocycles. The molecule has 0 aliphatic heterocycles. The minimum atomic E-state index is 1.29. The minimum Gasteiger partial charge on any atom is -0.165 e. The Hall–Kier alpha value is 0.0900. The van der Waals surface area contributed by atoms with E-state index in [9.17, 15) is 0 Å². The summed E-state index contributed by atoms with van der Waals surface area (Å²) in [6.07, 6.45) is 8.39. The maximum Gasteiger partial charge on any atom is -0.00702 e. The van der Waals surface area contributed by atoms with E-state index in [-0.39, 0.29) is 0 Å². The van der Waals surface area contributed by atoms with Crippen molar-refractivity contribution in [1.82, 2.24) is 0 Å². The predicted octanol–water partition coefficient (Wildman–Crippen LogP) is 3.49. The summed E-state index contributed by atoms with van der Waals surface area (Å²) in [5, 5.41) is 0. The molecule has 0 fully saturated rings. The Morgan fingerprint density at radius 1 is 1.40 bits per heavy atom. The molecule has 0 radical (unpaired) electrons. The molecule has 0 saturated carbocycles. The van der Waals surface area contributed by atoms with Gasteiger partial charge in [0.15, 0.2) is 0 Å². The topological polar surface area (TPSA) is 0 Å². The van der Waals surface area contributed by atoms with Crippen LogP contribution in [0.5, 0.6) is 0 Å². The van der Waals surface area contributed by atoms with Gasteiger partial charge in [-0.15, -0.1) is 0 Å². The van der Waals surface area contributed by atoms with E-state index in [4.69, 9.17) is 0 Å². The second-order valence-corrected chi connectivity index (χ2v) is 3.57. The van der Waals surface area contributed by atoms with E-state index >= 15 is 0 Å². The highest BCUT2D eigenvalue weighted by Crippen LogP contribution is 2.08. The van der Waals surface area contributed by atoms with Crippen LogP contribution in [0.4, 0.5) is 0 Å². The third-order valence-corrected chi connectivity index (χ3v) is 2.36. The van der Waals surface area contributed by atoms with Crippen LogP contribution in [-0.2, 0) is 0 Å². The third kappa shape index (κ3) is 6.21. The molecule has 0 bridgehead atoms. The number of rotatable bonds is 5. The number of thioether (sulfide) groups is 1. The maximum atomic E-state index is 2.21. The molecule has 0 aromatic carbocycles. The largest absolute Gasteiger partial charge is 0.165 e. The van der Waals surface area contributed by atoms with Crippen molar-refractivity contribution in [1.29, 1.82) is 0 Å². The number of hydrogen-bond donors (Lipinski definition) is 0. The zero-order chi connectivity index (χ0) is 7.82. The van der Waals surface area contributed by atoms with Gasteiger partial charge in [0.1, 0.15) is 0 Å². The van der Waals surface area contributed by atoms with Gasteiger partial charge in [-0.25, -0.2) is 0 Å². The Balaban J connectivity index is 3.04. The SMILES string of the molecule is C/C=C(\C)CCCCSC. The van der Waals surface area contributed by atoms with Crippen LogP contribution in [-0.4, -0.2) is 12.0 Å². The summed E-state index contributed by atoms with van der Waals surface area (Å²) < 4.78 is 0. The summed E-state index contributed by atoms with van der Waals surface area (Å²) in [4.78, 5) is 0.